The molecule has 4 N–H and O–H groups in total. The molecule has 1 rings (SSSR count). The highest BCUT2D eigenvalue weighted by Gasteiger charge is 2.32. The molecule has 0 saturated carbocycles. The van der Waals surface area contributed by atoms with E-state index in [4.69, 9.17) is 10.5 Å². The van der Waals surface area contributed by atoms with Gasteiger partial charge in [0.05, 0.1) is 13.2 Å². The summed E-state index contributed by atoms with van der Waals surface area (Å²) in [7, 11) is 1.57. The average Bonchev–Trinajstić information content (AvgIpc) is 2.43. The van der Waals surface area contributed by atoms with Crippen LogP contribution in [0.2, 0.25) is 0 Å². The fourth-order valence-corrected chi connectivity index (χ4v) is 1.54. The maximum Gasteiger partial charge on any atom is 0.433 e. The van der Waals surface area contributed by atoms with Crippen LogP contribution in [0, 0.1) is 0 Å². The van der Waals surface area contributed by atoms with Crippen LogP contribution in [0.1, 0.15) is 12.6 Å². The van der Waals surface area contributed by atoms with Gasteiger partial charge in [0, 0.05) is 25.9 Å². The normalized spacial score (nSPS) is 13.8. The molecule has 1 aromatic rings. The Balaban J connectivity index is 2.41. The molecule has 1 atom stereocenters. The summed E-state index contributed by atoms with van der Waals surface area (Å²) in [5.41, 5.74) is 4.64. The fourth-order valence-electron chi connectivity index (χ4n) is 1.54. The number of alkyl halides is 3. The van der Waals surface area contributed by atoms with Crippen LogP contribution in [0.25, 0.3) is 0 Å². The fraction of sp³-hybridized carbons (Fsp3) is 0.583. The van der Waals surface area contributed by atoms with Gasteiger partial charge in [-0.25, -0.2) is 9.97 Å². The Bertz CT molecular complexity index is 494. The number of aromatic nitrogens is 2. The number of guanidine groups is 1. The van der Waals surface area contributed by atoms with Crippen LogP contribution in [-0.2, 0) is 10.9 Å². The molecule has 0 saturated heterocycles. The van der Waals surface area contributed by atoms with Gasteiger partial charge in [-0.3, -0.25) is 4.99 Å². The van der Waals surface area contributed by atoms with Crippen LogP contribution in [0.4, 0.5) is 19.1 Å². The van der Waals surface area contributed by atoms with Crippen molar-refractivity contribution < 1.29 is 17.9 Å². The van der Waals surface area contributed by atoms with Gasteiger partial charge in [0.1, 0.15) is 5.69 Å². The van der Waals surface area contributed by atoms with Crippen LogP contribution in [0.3, 0.4) is 0 Å². The zero-order valence-corrected chi connectivity index (χ0v) is 12.3. The van der Waals surface area contributed by atoms with Crippen LogP contribution in [0.5, 0.6) is 0 Å². The Morgan fingerprint density at radius 3 is 2.86 bits per heavy atom. The zero-order valence-electron chi connectivity index (χ0n) is 12.3. The van der Waals surface area contributed by atoms with Crippen molar-refractivity contribution in [3.8, 4) is 0 Å². The largest absolute Gasteiger partial charge is 0.433 e. The minimum absolute atomic E-state index is 0.00788. The zero-order chi connectivity index (χ0) is 16.6. The van der Waals surface area contributed by atoms with Crippen molar-refractivity contribution in [3.63, 3.8) is 0 Å². The number of rotatable bonds is 7. The molecule has 0 aromatic carbocycles. The van der Waals surface area contributed by atoms with E-state index < -0.39 is 11.9 Å². The third kappa shape index (κ3) is 6.57. The van der Waals surface area contributed by atoms with Gasteiger partial charge in [-0.1, -0.05) is 0 Å². The number of ether oxygens (including phenoxy) is 1. The van der Waals surface area contributed by atoms with E-state index in [1.165, 1.54) is 0 Å². The molecule has 1 aromatic heterocycles. The third-order valence-electron chi connectivity index (χ3n) is 2.43. The van der Waals surface area contributed by atoms with E-state index in [1.807, 2.05) is 6.92 Å². The Labute approximate surface area is 126 Å². The van der Waals surface area contributed by atoms with Gasteiger partial charge in [0.15, 0.2) is 5.96 Å². The number of nitrogens with zero attached hydrogens (tertiary/aromatic N) is 3. The van der Waals surface area contributed by atoms with E-state index in [9.17, 15) is 13.2 Å². The van der Waals surface area contributed by atoms with Crippen molar-refractivity contribution in [2.75, 3.05) is 32.1 Å². The van der Waals surface area contributed by atoms with Gasteiger partial charge < -0.3 is 21.1 Å². The summed E-state index contributed by atoms with van der Waals surface area (Å²) in [4.78, 5) is 11.1. The first-order valence-electron chi connectivity index (χ1n) is 6.52. The molecular formula is C12H19F3N6O. The molecule has 0 bridgehead atoms. The maximum atomic E-state index is 12.5. The molecule has 0 spiro atoms. The number of halogens is 3. The minimum Gasteiger partial charge on any atom is -0.383 e. The topological polar surface area (TPSA) is 97.5 Å². The van der Waals surface area contributed by atoms with Crippen molar-refractivity contribution in [2.45, 2.75) is 19.1 Å². The second-order valence-electron chi connectivity index (χ2n) is 4.46. The molecule has 0 aliphatic heterocycles. The second kappa shape index (κ2) is 8.37. The number of anilines is 1. The van der Waals surface area contributed by atoms with Gasteiger partial charge in [0.2, 0.25) is 5.95 Å². The van der Waals surface area contributed by atoms with Crippen LogP contribution in [0.15, 0.2) is 17.3 Å². The van der Waals surface area contributed by atoms with Crippen LogP contribution < -0.4 is 16.4 Å². The summed E-state index contributed by atoms with van der Waals surface area (Å²) in [5.74, 6) is 0.126. The van der Waals surface area contributed by atoms with Gasteiger partial charge in [-0.05, 0) is 13.0 Å². The van der Waals surface area contributed by atoms with Crippen molar-refractivity contribution in [1.82, 2.24) is 15.3 Å². The Kier molecular flexibility index (Phi) is 6.83. The molecule has 0 fully saturated rings. The lowest BCUT2D eigenvalue weighted by molar-refractivity contribution is -0.141. The van der Waals surface area contributed by atoms with Crippen molar-refractivity contribution in [1.29, 1.82) is 0 Å². The van der Waals surface area contributed by atoms with Gasteiger partial charge >= 0.3 is 6.18 Å². The molecule has 0 aliphatic rings. The Morgan fingerprint density at radius 1 is 1.50 bits per heavy atom. The van der Waals surface area contributed by atoms with E-state index in [0.717, 1.165) is 12.3 Å². The number of hydrogen-bond donors (Lipinski definition) is 3. The van der Waals surface area contributed by atoms with Crippen molar-refractivity contribution in [3.05, 3.63) is 18.0 Å². The highest BCUT2D eigenvalue weighted by Crippen LogP contribution is 2.27. The maximum absolute atomic E-state index is 12.5. The molecule has 22 heavy (non-hydrogen) atoms. The number of nitrogens with one attached hydrogen (secondary N) is 2. The molecule has 124 valence electrons. The molecule has 1 heterocycles. The SMILES string of the molecule is COCC(C)NC(N)=NCCNc1nccc(C(F)(F)F)n1. The number of hydrogen-bond acceptors (Lipinski definition) is 5. The summed E-state index contributed by atoms with van der Waals surface area (Å²) in [5, 5.41) is 5.56. The van der Waals surface area contributed by atoms with E-state index in [-0.39, 0.29) is 31.0 Å². The van der Waals surface area contributed by atoms with Crippen LogP contribution >= 0.6 is 0 Å². The average molecular weight is 320 g/mol. The van der Waals surface area contributed by atoms with Gasteiger partial charge in [-0.2, -0.15) is 13.2 Å². The standard InChI is InChI=1S/C12H19F3N6O/c1-8(7-22-2)20-10(16)17-5-6-19-11-18-4-3-9(21-11)12(13,14)15/h3-4,8H,5-7H2,1-2H3,(H3,16,17,20)(H,18,19,21). The summed E-state index contributed by atoms with van der Waals surface area (Å²) in [6.45, 7) is 2.87. The van der Waals surface area contributed by atoms with E-state index in [2.05, 4.69) is 25.6 Å². The summed E-state index contributed by atoms with van der Waals surface area (Å²) >= 11 is 0. The Hall–Kier alpha value is -2.10. The first-order chi connectivity index (χ1) is 10.3. The summed E-state index contributed by atoms with van der Waals surface area (Å²) in [6.07, 6.45) is -3.45. The van der Waals surface area contributed by atoms with Crippen molar-refractivity contribution >= 4 is 11.9 Å². The predicted octanol–water partition coefficient (Wildman–Crippen LogP) is 0.847. The highest BCUT2D eigenvalue weighted by molar-refractivity contribution is 5.78. The quantitative estimate of drug-likeness (QED) is 0.391. The molecular weight excluding hydrogens is 301 g/mol. The lowest BCUT2D eigenvalue weighted by Gasteiger charge is -2.13. The molecule has 0 radical (unpaired) electrons. The molecule has 0 aliphatic carbocycles. The van der Waals surface area contributed by atoms with Gasteiger partial charge in [0.25, 0.3) is 0 Å². The third-order valence-corrected chi connectivity index (χ3v) is 2.43. The van der Waals surface area contributed by atoms with E-state index in [0.29, 0.717) is 6.61 Å². The smallest absolute Gasteiger partial charge is 0.383 e. The van der Waals surface area contributed by atoms with Gasteiger partial charge in [-0.15, -0.1) is 0 Å². The monoisotopic (exact) mass is 320 g/mol. The van der Waals surface area contributed by atoms with E-state index in [1.54, 1.807) is 7.11 Å². The molecule has 7 nitrogen and oxygen atoms in total. The number of aliphatic imine (C=N–C) groups is 1. The minimum atomic E-state index is -4.50. The summed E-state index contributed by atoms with van der Waals surface area (Å²) in [6, 6.07) is 0.816. The van der Waals surface area contributed by atoms with E-state index >= 15 is 0 Å². The first-order valence-corrected chi connectivity index (χ1v) is 6.52. The second-order valence-corrected chi connectivity index (χ2v) is 4.46. The van der Waals surface area contributed by atoms with Crippen LogP contribution in [-0.4, -0.2) is 48.8 Å². The number of nitrogens with two attached hydrogens (primary N) is 1. The molecule has 1 unspecified atom stereocenters. The summed E-state index contributed by atoms with van der Waals surface area (Å²) < 4.78 is 42.3. The van der Waals surface area contributed by atoms with Crippen molar-refractivity contribution in [2.24, 2.45) is 10.7 Å². The lowest BCUT2D eigenvalue weighted by atomic mass is 10.4. The Morgan fingerprint density at radius 2 is 2.23 bits per heavy atom. The molecule has 0 amide bonds. The predicted molar refractivity (Wildman–Crippen MR) is 76.5 cm³/mol. The first kappa shape index (κ1) is 18.0. The lowest BCUT2D eigenvalue weighted by Crippen LogP contribution is -2.40. The number of methoxy groups -OCH3 is 1. The highest BCUT2D eigenvalue weighted by atomic mass is 19.4. The molecule has 10 heteroatoms.